The fraction of sp³-hybridized carbons (Fsp3) is 0.467. The van der Waals surface area contributed by atoms with Crippen molar-refractivity contribution in [2.45, 2.75) is 37.2 Å². The number of esters is 1. The van der Waals surface area contributed by atoms with Crippen molar-refractivity contribution < 1.29 is 14.3 Å². The van der Waals surface area contributed by atoms with Crippen LogP contribution in [0.3, 0.4) is 0 Å². The first-order valence-electron chi connectivity index (χ1n) is 6.76. The van der Waals surface area contributed by atoms with Gasteiger partial charge in [-0.15, -0.1) is 0 Å². The lowest BCUT2D eigenvalue weighted by molar-refractivity contribution is -0.145. The highest BCUT2D eigenvalue weighted by Gasteiger charge is 2.36. The maximum Gasteiger partial charge on any atom is 0.302 e. The lowest BCUT2D eigenvalue weighted by Crippen LogP contribution is -2.33. The largest absolute Gasteiger partial charge is 0.461 e. The number of carbonyl (C=O) groups excluding carboxylic acids is 2. The van der Waals surface area contributed by atoms with Gasteiger partial charge in [0.1, 0.15) is 6.10 Å². The summed E-state index contributed by atoms with van der Waals surface area (Å²) in [6.45, 7) is 1.42. The van der Waals surface area contributed by atoms with Gasteiger partial charge in [0.15, 0.2) is 0 Å². The van der Waals surface area contributed by atoms with Gasteiger partial charge in [0.25, 0.3) is 5.91 Å². The summed E-state index contributed by atoms with van der Waals surface area (Å²) in [4.78, 5) is 23.4. The predicted molar refractivity (Wildman–Crippen MR) is 87.5 cm³/mol. The van der Waals surface area contributed by atoms with Crippen LogP contribution in [0.5, 0.6) is 0 Å². The molecule has 1 aliphatic carbocycles. The second-order valence-electron chi connectivity index (χ2n) is 5.07. The molecule has 1 amide bonds. The number of ether oxygens (including phenoxy) is 1. The van der Waals surface area contributed by atoms with Crippen LogP contribution in [0.25, 0.3) is 0 Å². The molecule has 1 aromatic carbocycles. The maximum absolute atomic E-state index is 12.2. The van der Waals surface area contributed by atoms with Crippen molar-refractivity contribution >= 4 is 39.6 Å². The van der Waals surface area contributed by atoms with Crippen molar-refractivity contribution in [3.05, 3.63) is 34.3 Å². The number of nitrogens with one attached hydrogen (secondary N) is 1. The van der Waals surface area contributed by atoms with Gasteiger partial charge in [-0.2, -0.15) is 11.8 Å². The molecule has 0 radical (unpaired) electrons. The Labute approximate surface area is 137 Å². The molecule has 3 atom stereocenters. The molecule has 114 valence electrons. The lowest BCUT2D eigenvalue weighted by Gasteiger charge is -2.16. The molecule has 1 saturated carbocycles. The van der Waals surface area contributed by atoms with Gasteiger partial charge in [-0.3, -0.25) is 9.59 Å². The van der Waals surface area contributed by atoms with E-state index in [1.54, 1.807) is 23.9 Å². The second kappa shape index (κ2) is 7.31. The number of amides is 1. The van der Waals surface area contributed by atoms with E-state index in [1.807, 2.05) is 18.4 Å². The summed E-state index contributed by atoms with van der Waals surface area (Å²) in [5.41, 5.74) is 0.626. The Morgan fingerprint density at radius 2 is 2.14 bits per heavy atom. The standard InChI is InChI=1S/C15H18BrNO3S/c1-9(18)20-13-7-12(8-14(13)21-2)17-15(19)10-4-3-5-11(16)6-10/h3-6,12-14H,7-8H2,1-2H3,(H,17,19)/t12-,13-,14+/m1/s1. The smallest absolute Gasteiger partial charge is 0.302 e. The molecule has 1 N–H and O–H groups in total. The first-order valence-corrected chi connectivity index (χ1v) is 8.84. The Kier molecular flexibility index (Phi) is 5.70. The van der Waals surface area contributed by atoms with Crippen molar-refractivity contribution in [2.75, 3.05) is 6.26 Å². The molecule has 0 aliphatic heterocycles. The third-order valence-corrected chi connectivity index (χ3v) is 5.09. The molecule has 0 bridgehead atoms. The number of carbonyl (C=O) groups is 2. The van der Waals surface area contributed by atoms with Crippen LogP contribution in [-0.2, 0) is 9.53 Å². The van der Waals surface area contributed by atoms with Crippen molar-refractivity contribution in [1.82, 2.24) is 5.32 Å². The molecule has 0 spiro atoms. The number of benzene rings is 1. The Balaban J connectivity index is 1.97. The van der Waals surface area contributed by atoms with E-state index in [0.717, 1.165) is 10.9 Å². The Morgan fingerprint density at radius 1 is 1.38 bits per heavy atom. The lowest BCUT2D eigenvalue weighted by atomic mass is 10.2. The van der Waals surface area contributed by atoms with E-state index >= 15 is 0 Å². The zero-order chi connectivity index (χ0) is 15.4. The summed E-state index contributed by atoms with van der Waals surface area (Å²) in [6.07, 6.45) is 3.37. The normalized spacial score (nSPS) is 24.6. The van der Waals surface area contributed by atoms with E-state index in [4.69, 9.17) is 4.74 Å². The van der Waals surface area contributed by atoms with Gasteiger partial charge in [0.05, 0.1) is 0 Å². The molecule has 6 heteroatoms. The average molecular weight is 372 g/mol. The van der Waals surface area contributed by atoms with Crippen LogP contribution in [-0.4, -0.2) is 35.5 Å². The minimum atomic E-state index is -0.266. The highest BCUT2D eigenvalue weighted by molar-refractivity contribution is 9.10. The van der Waals surface area contributed by atoms with Crippen LogP contribution in [0.1, 0.15) is 30.1 Å². The number of halogens is 1. The fourth-order valence-corrected chi connectivity index (χ4v) is 3.86. The van der Waals surface area contributed by atoms with Crippen LogP contribution in [0, 0.1) is 0 Å². The van der Waals surface area contributed by atoms with Gasteiger partial charge in [-0.1, -0.05) is 22.0 Å². The SMILES string of the molecule is CS[C@H]1C[C@H](NC(=O)c2cccc(Br)c2)C[C@H]1OC(C)=O. The zero-order valence-corrected chi connectivity index (χ0v) is 14.4. The number of hydrogen-bond donors (Lipinski definition) is 1. The van der Waals surface area contributed by atoms with Crippen LogP contribution in [0.2, 0.25) is 0 Å². The number of thioether (sulfide) groups is 1. The molecule has 0 aromatic heterocycles. The third kappa shape index (κ3) is 4.48. The number of hydrogen-bond acceptors (Lipinski definition) is 4. The molecule has 1 aliphatic rings. The van der Waals surface area contributed by atoms with Gasteiger partial charge < -0.3 is 10.1 Å². The second-order valence-corrected chi connectivity index (χ2v) is 7.07. The van der Waals surface area contributed by atoms with E-state index in [-0.39, 0.29) is 29.3 Å². The first kappa shape index (κ1) is 16.4. The summed E-state index contributed by atoms with van der Waals surface area (Å²) < 4.78 is 6.21. The first-order chi connectivity index (χ1) is 9.99. The summed E-state index contributed by atoms with van der Waals surface area (Å²) in [6, 6.07) is 7.33. The van der Waals surface area contributed by atoms with E-state index in [2.05, 4.69) is 21.2 Å². The van der Waals surface area contributed by atoms with Crippen molar-refractivity contribution in [1.29, 1.82) is 0 Å². The topological polar surface area (TPSA) is 55.4 Å². The van der Waals surface area contributed by atoms with E-state index < -0.39 is 0 Å². The van der Waals surface area contributed by atoms with E-state index in [0.29, 0.717) is 12.0 Å². The number of rotatable bonds is 4. The maximum atomic E-state index is 12.2. The monoisotopic (exact) mass is 371 g/mol. The fourth-order valence-electron chi connectivity index (χ4n) is 2.56. The molecular formula is C15H18BrNO3S. The molecule has 1 aromatic rings. The molecule has 2 rings (SSSR count). The van der Waals surface area contributed by atoms with Crippen LogP contribution in [0.15, 0.2) is 28.7 Å². The highest BCUT2D eigenvalue weighted by Crippen LogP contribution is 2.31. The molecule has 4 nitrogen and oxygen atoms in total. The molecule has 1 fully saturated rings. The third-order valence-electron chi connectivity index (χ3n) is 3.49. The van der Waals surface area contributed by atoms with E-state index in [9.17, 15) is 9.59 Å². The quantitative estimate of drug-likeness (QED) is 0.826. The van der Waals surface area contributed by atoms with Crippen LogP contribution >= 0.6 is 27.7 Å². The Hall–Kier alpha value is -1.01. The highest BCUT2D eigenvalue weighted by atomic mass is 79.9. The van der Waals surface area contributed by atoms with Gasteiger partial charge in [0, 0.05) is 34.7 Å². The zero-order valence-electron chi connectivity index (χ0n) is 12.0. The summed E-state index contributed by atoms with van der Waals surface area (Å²) in [5, 5.41) is 3.26. The molecule has 0 unspecified atom stereocenters. The van der Waals surface area contributed by atoms with Crippen molar-refractivity contribution in [3.8, 4) is 0 Å². The van der Waals surface area contributed by atoms with Crippen LogP contribution < -0.4 is 5.32 Å². The average Bonchev–Trinajstić information content (AvgIpc) is 2.79. The summed E-state index contributed by atoms with van der Waals surface area (Å²) >= 11 is 5.04. The molecule has 0 saturated heterocycles. The Morgan fingerprint density at radius 3 is 2.76 bits per heavy atom. The molecular weight excluding hydrogens is 354 g/mol. The molecule has 21 heavy (non-hydrogen) atoms. The minimum Gasteiger partial charge on any atom is -0.461 e. The summed E-state index contributed by atoms with van der Waals surface area (Å²) in [7, 11) is 0. The Bertz CT molecular complexity index is 537. The van der Waals surface area contributed by atoms with Gasteiger partial charge >= 0.3 is 5.97 Å². The van der Waals surface area contributed by atoms with Gasteiger partial charge in [0.2, 0.25) is 0 Å². The van der Waals surface area contributed by atoms with Crippen molar-refractivity contribution in [2.24, 2.45) is 0 Å². The van der Waals surface area contributed by atoms with E-state index in [1.165, 1.54) is 6.92 Å². The summed E-state index contributed by atoms with van der Waals surface area (Å²) in [5.74, 6) is -0.359. The molecule has 0 heterocycles. The predicted octanol–water partition coefficient (Wildman–Crippen LogP) is 3.00. The van der Waals surface area contributed by atoms with Gasteiger partial charge in [-0.25, -0.2) is 0 Å². The van der Waals surface area contributed by atoms with Crippen LogP contribution in [0.4, 0.5) is 0 Å². The van der Waals surface area contributed by atoms with Gasteiger partial charge in [-0.05, 0) is 30.9 Å². The van der Waals surface area contributed by atoms with Crippen molar-refractivity contribution in [3.63, 3.8) is 0 Å². The minimum absolute atomic E-state index is 0.0401.